The number of benzene rings is 1. The summed E-state index contributed by atoms with van der Waals surface area (Å²) in [6, 6.07) is 10.1. The number of halogens is 1. The highest BCUT2D eigenvalue weighted by atomic mass is 35.5. The van der Waals surface area contributed by atoms with Crippen molar-refractivity contribution in [3.63, 3.8) is 0 Å². The van der Waals surface area contributed by atoms with Gasteiger partial charge in [0.25, 0.3) is 0 Å². The number of piperidine rings is 1. The molecule has 0 aliphatic carbocycles. The predicted octanol–water partition coefficient (Wildman–Crippen LogP) is 3.19. The normalized spacial score (nSPS) is 19.2. The van der Waals surface area contributed by atoms with E-state index in [0.717, 1.165) is 31.5 Å². The Morgan fingerprint density at radius 3 is 2.33 bits per heavy atom. The molecule has 2 nitrogen and oxygen atoms in total. The van der Waals surface area contributed by atoms with E-state index in [-0.39, 0.29) is 12.4 Å². The van der Waals surface area contributed by atoms with Crippen LogP contribution >= 0.6 is 12.4 Å². The van der Waals surface area contributed by atoms with Crippen molar-refractivity contribution < 1.29 is 5.11 Å². The summed E-state index contributed by atoms with van der Waals surface area (Å²) in [4.78, 5) is 2.47. The number of hydrogen-bond donors (Lipinski definition) is 1. The van der Waals surface area contributed by atoms with Crippen LogP contribution < -0.4 is 0 Å². The van der Waals surface area contributed by atoms with Crippen molar-refractivity contribution in [3.05, 3.63) is 35.9 Å². The van der Waals surface area contributed by atoms with Gasteiger partial charge in [-0.15, -0.1) is 12.4 Å². The molecule has 0 amide bonds. The van der Waals surface area contributed by atoms with Gasteiger partial charge in [-0.2, -0.15) is 0 Å². The molecular formula is C15H24ClNO. The van der Waals surface area contributed by atoms with Crippen LogP contribution in [-0.2, 0) is 5.60 Å². The zero-order valence-electron chi connectivity index (χ0n) is 11.1. The summed E-state index contributed by atoms with van der Waals surface area (Å²) in [6.07, 6.45) is 4.24. The number of likely N-dealkylation sites (tertiary alicyclic amines) is 1. The second-order valence-corrected chi connectivity index (χ2v) is 5.09. The maximum Gasteiger partial charge on any atom is 0.0920 e. The van der Waals surface area contributed by atoms with Gasteiger partial charge in [0.1, 0.15) is 0 Å². The van der Waals surface area contributed by atoms with Gasteiger partial charge in [0, 0.05) is 13.1 Å². The Labute approximate surface area is 116 Å². The highest BCUT2D eigenvalue weighted by Crippen LogP contribution is 2.32. The Morgan fingerprint density at radius 1 is 1.17 bits per heavy atom. The van der Waals surface area contributed by atoms with E-state index in [1.54, 1.807) is 0 Å². The van der Waals surface area contributed by atoms with Crippen LogP contribution in [0.15, 0.2) is 30.3 Å². The molecule has 1 aliphatic rings. The predicted molar refractivity (Wildman–Crippen MR) is 78.2 cm³/mol. The first-order valence-electron chi connectivity index (χ1n) is 6.75. The molecule has 1 heterocycles. The minimum atomic E-state index is -0.593. The molecule has 2 rings (SSSR count). The van der Waals surface area contributed by atoms with Gasteiger partial charge in [0.2, 0.25) is 0 Å². The molecule has 0 atom stereocenters. The maximum absolute atomic E-state index is 10.7. The van der Waals surface area contributed by atoms with Gasteiger partial charge in [-0.25, -0.2) is 0 Å². The third-order valence-corrected chi connectivity index (χ3v) is 3.82. The number of aliphatic hydroxyl groups is 1. The van der Waals surface area contributed by atoms with E-state index in [1.165, 1.54) is 19.4 Å². The quantitative estimate of drug-likeness (QED) is 0.907. The molecule has 0 radical (unpaired) electrons. The van der Waals surface area contributed by atoms with Crippen LogP contribution in [0.1, 0.15) is 38.2 Å². The van der Waals surface area contributed by atoms with E-state index < -0.39 is 5.60 Å². The molecule has 1 N–H and O–H groups in total. The lowest BCUT2D eigenvalue weighted by Crippen LogP contribution is -2.42. The van der Waals surface area contributed by atoms with Crippen LogP contribution in [0.4, 0.5) is 0 Å². The Balaban J connectivity index is 0.00000162. The monoisotopic (exact) mass is 269 g/mol. The first-order chi connectivity index (χ1) is 8.24. The third kappa shape index (κ3) is 3.71. The highest BCUT2D eigenvalue weighted by Gasteiger charge is 2.33. The van der Waals surface area contributed by atoms with Crippen molar-refractivity contribution >= 4 is 12.4 Å². The molecular weight excluding hydrogens is 246 g/mol. The Morgan fingerprint density at radius 2 is 1.78 bits per heavy atom. The number of rotatable bonds is 4. The zero-order valence-corrected chi connectivity index (χ0v) is 12.0. The van der Waals surface area contributed by atoms with E-state index in [9.17, 15) is 5.11 Å². The largest absolute Gasteiger partial charge is 0.385 e. The molecule has 102 valence electrons. The average Bonchev–Trinajstić information content (AvgIpc) is 2.39. The lowest BCUT2D eigenvalue weighted by atomic mass is 9.84. The highest BCUT2D eigenvalue weighted by molar-refractivity contribution is 5.85. The molecule has 1 fully saturated rings. The zero-order chi connectivity index (χ0) is 12.1. The van der Waals surface area contributed by atoms with Crippen molar-refractivity contribution in [3.8, 4) is 0 Å². The summed E-state index contributed by atoms with van der Waals surface area (Å²) in [7, 11) is 0. The number of nitrogens with zero attached hydrogens (tertiary/aromatic N) is 1. The molecule has 1 aromatic rings. The van der Waals surface area contributed by atoms with E-state index in [0.29, 0.717) is 0 Å². The topological polar surface area (TPSA) is 23.5 Å². The maximum atomic E-state index is 10.7. The third-order valence-electron chi connectivity index (χ3n) is 3.82. The molecule has 0 bridgehead atoms. The van der Waals surface area contributed by atoms with E-state index in [2.05, 4.69) is 11.8 Å². The van der Waals surface area contributed by atoms with Crippen molar-refractivity contribution in [2.24, 2.45) is 0 Å². The van der Waals surface area contributed by atoms with E-state index >= 15 is 0 Å². The van der Waals surface area contributed by atoms with Crippen LogP contribution in [0.5, 0.6) is 0 Å². The molecule has 1 saturated heterocycles. The van der Waals surface area contributed by atoms with Crippen molar-refractivity contribution in [2.75, 3.05) is 19.6 Å². The van der Waals surface area contributed by atoms with Crippen LogP contribution in [0, 0.1) is 0 Å². The summed E-state index contributed by atoms with van der Waals surface area (Å²) in [5.41, 5.74) is 0.486. The Bertz CT molecular complexity index is 334. The van der Waals surface area contributed by atoms with Gasteiger partial charge in [0.05, 0.1) is 5.60 Å². The molecule has 0 unspecified atom stereocenters. The molecule has 1 aliphatic heterocycles. The minimum absolute atomic E-state index is 0. The minimum Gasteiger partial charge on any atom is -0.385 e. The van der Waals surface area contributed by atoms with Crippen LogP contribution in [0.3, 0.4) is 0 Å². The van der Waals surface area contributed by atoms with Gasteiger partial charge in [0.15, 0.2) is 0 Å². The second-order valence-electron chi connectivity index (χ2n) is 5.09. The number of unbranched alkanes of at least 4 members (excludes halogenated alkanes) is 1. The fourth-order valence-corrected chi connectivity index (χ4v) is 2.57. The van der Waals surface area contributed by atoms with Crippen molar-refractivity contribution in [1.29, 1.82) is 0 Å². The van der Waals surface area contributed by atoms with Crippen LogP contribution in [-0.4, -0.2) is 29.6 Å². The van der Waals surface area contributed by atoms with Crippen molar-refractivity contribution in [1.82, 2.24) is 4.90 Å². The molecule has 18 heavy (non-hydrogen) atoms. The van der Waals surface area contributed by atoms with E-state index in [1.807, 2.05) is 30.3 Å². The van der Waals surface area contributed by atoms with E-state index in [4.69, 9.17) is 0 Å². The Hall–Kier alpha value is -0.570. The standard InChI is InChI=1S/C15H23NO.ClH/c1-2-3-11-16-12-9-15(17,10-13-16)14-7-5-4-6-8-14;/h4-8,17H,2-3,9-13H2,1H3;1H. The van der Waals surface area contributed by atoms with Gasteiger partial charge in [-0.3, -0.25) is 0 Å². The van der Waals surface area contributed by atoms with Gasteiger partial charge in [-0.05, 0) is 31.4 Å². The fourth-order valence-electron chi connectivity index (χ4n) is 2.57. The summed E-state index contributed by atoms with van der Waals surface area (Å²) in [5, 5.41) is 10.7. The van der Waals surface area contributed by atoms with Gasteiger partial charge >= 0.3 is 0 Å². The van der Waals surface area contributed by atoms with Gasteiger partial charge in [-0.1, -0.05) is 43.7 Å². The first kappa shape index (κ1) is 15.5. The lowest BCUT2D eigenvalue weighted by molar-refractivity contribution is -0.0260. The number of hydrogen-bond acceptors (Lipinski definition) is 2. The lowest BCUT2D eigenvalue weighted by Gasteiger charge is -2.38. The fraction of sp³-hybridized carbons (Fsp3) is 0.600. The van der Waals surface area contributed by atoms with Gasteiger partial charge < -0.3 is 10.0 Å². The summed E-state index contributed by atoms with van der Waals surface area (Å²) in [6.45, 7) is 5.45. The molecule has 0 saturated carbocycles. The smallest absolute Gasteiger partial charge is 0.0920 e. The van der Waals surface area contributed by atoms with Crippen molar-refractivity contribution in [2.45, 2.75) is 38.2 Å². The van der Waals surface area contributed by atoms with Crippen LogP contribution in [0.25, 0.3) is 0 Å². The molecule has 3 heteroatoms. The van der Waals surface area contributed by atoms with Crippen LogP contribution in [0.2, 0.25) is 0 Å². The summed E-state index contributed by atoms with van der Waals surface area (Å²) in [5.74, 6) is 0. The second kappa shape index (κ2) is 7.13. The first-order valence-corrected chi connectivity index (χ1v) is 6.75. The molecule has 1 aromatic carbocycles. The summed E-state index contributed by atoms with van der Waals surface area (Å²) >= 11 is 0. The molecule has 0 spiro atoms. The summed E-state index contributed by atoms with van der Waals surface area (Å²) < 4.78 is 0. The molecule has 0 aromatic heterocycles. The SMILES string of the molecule is CCCCN1CCC(O)(c2ccccc2)CC1.Cl. The Kier molecular flexibility index (Phi) is 6.13. The average molecular weight is 270 g/mol.